The first-order chi connectivity index (χ1) is 9.84. The second-order valence-electron chi connectivity index (χ2n) is 7.28. The average molecular weight is 285 g/mol. The SMILES string of the molecule is Cc1ccc(C(=O)ON=C2C[C@H]3CC[C@@]2(C)C3(C)C)cc1. The fourth-order valence-electron chi connectivity index (χ4n) is 3.91. The second-order valence-corrected chi connectivity index (χ2v) is 7.28. The summed E-state index contributed by atoms with van der Waals surface area (Å²) in [6, 6.07) is 7.38. The molecule has 112 valence electrons. The van der Waals surface area contributed by atoms with Crippen LogP contribution < -0.4 is 0 Å². The lowest BCUT2D eigenvalue weighted by Gasteiger charge is -2.34. The Morgan fingerprint density at radius 3 is 2.43 bits per heavy atom. The standard InChI is InChI=1S/C18H23NO2/c1-12-5-7-13(8-6-12)16(20)21-19-15-11-14-9-10-18(15,4)17(14,2)3/h5-8,14H,9-11H2,1-4H3/t14-,18-/m1/s1. The molecule has 0 radical (unpaired) electrons. The molecule has 3 nitrogen and oxygen atoms in total. The van der Waals surface area contributed by atoms with Crippen LogP contribution in [-0.2, 0) is 4.84 Å². The Balaban J connectivity index is 1.76. The van der Waals surface area contributed by atoms with Crippen LogP contribution >= 0.6 is 0 Å². The van der Waals surface area contributed by atoms with Crippen molar-refractivity contribution in [2.24, 2.45) is 21.9 Å². The van der Waals surface area contributed by atoms with Crippen LogP contribution in [-0.4, -0.2) is 11.7 Å². The van der Waals surface area contributed by atoms with Gasteiger partial charge in [0.2, 0.25) is 0 Å². The topological polar surface area (TPSA) is 38.7 Å². The van der Waals surface area contributed by atoms with Gasteiger partial charge in [0, 0.05) is 5.41 Å². The third kappa shape index (κ3) is 2.10. The number of carbonyl (C=O) groups excluding carboxylic acids is 1. The van der Waals surface area contributed by atoms with Gasteiger partial charge in [-0.05, 0) is 49.7 Å². The van der Waals surface area contributed by atoms with Crippen LogP contribution in [0.2, 0.25) is 0 Å². The maximum Gasteiger partial charge on any atom is 0.365 e. The van der Waals surface area contributed by atoms with E-state index in [1.54, 1.807) is 12.1 Å². The molecule has 0 aliphatic heterocycles. The molecule has 0 amide bonds. The molecule has 1 aromatic rings. The largest absolute Gasteiger partial charge is 0.365 e. The molecule has 1 aromatic carbocycles. The molecule has 3 heteroatoms. The zero-order valence-electron chi connectivity index (χ0n) is 13.3. The van der Waals surface area contributed by atoms with Gasteiger partial charge < -0.3 is 4.84 Å². The quantitative estimate of drug-likeness (QED) is 0.598. The lowest BCUT2D eigenvalue weighted by atomic mass is 9.70. The van der Waals surface area contributed by atoms with E-state index in [0.29, 0.717) is 11.5 Å². The number of benzene rings is 1. The summed E-state index contributed by atoms with van der Waals surface area (Å²) in [5.41, 5.74) is 3.06. The van der Waals surface area contributed by atoms with Gasteiger partial charge in [-0.15, -0.1) is 0 Å². The van der Waals surface area contributed by atoms with E-state index in [2.05, 4.69) is 25.9 Å². The fraction of sp³-hybridized carbons (Fsp3) is 0.556. The first-order valence-corrected chi connectivity index (χ1v) is 7.70. The van der Waals surface area contributed by atoms with Crippen LogP contribution in [0.15, 0.2) is 29.4 Å². The van der Waals surface area contributed by atoms with E-state index < -0.39 is 0 Å². The number of oxime groups is 1. The zero-order chi connectivity index (χ0) is 15.3. The average Bonchev–Trinajstić information content (AvgIpc) is 2.78. The number of nitrogens with zero attached hydrogens (tertiary/aromatic N) is 1. The summed E-state index contributed by atoms with van der Waals surface area (Å²) in [4.78, 5) is 17.3. The van der Waals surface area contributed by atoms with Gasteiger partial charge in [-0.2, -0.15) is 0 Å². The highest BCUT2D eigenvalue weighted by atomic mass is 16.7. The third-order valence-electron chi connectivity index (χ3n) is 6.04. The van der Waals surface area contributed by atoms with Crippen molar-refractivity contribution >= 4 is 11.7 Å². The van der Waals surface area contributed by atoms with Gasteiger partial charge in [0.05, 0.1) is 11.3 Å². The van der Waals surface area contributed by atoms with Crippen LogP contribution in [0, 0.1) is 23.7 Å². The minimum Gasteiger partial charge on any atom is -0.313 e. The minimum absolute atomic E-state index is 0.0746. The summed E-state index contributed by atoms with van der Waals surface area (Å²) in [6.45, 7) is 8.88. The van der Waals surface area contributed by atoms with Crippen LogP contribution in [0.3, 0.4) is 0 Å². The molecule has 2 atom stereocenters. The van der Waals surface area contributed by atoms with Crippen molar-refractivity contribution in [2.75, 3.05) is 0 Å². The van der Waals surface area contributed by atoms with Crippen LogP contribution in [0.1, 0.15) is 56.0 Å². The van der Waals surface area contributed by atoms with Crippen molar-refractivity contribution in [1.82, 2.24) is 0 Å². The number of hydrogen-bond acceptors (Lipinski definition) is 3. The molecule has 0 saturated heterocycles. The molecule has 0 unspecified atom stereocenters. The predicted molar refractivity (Wildman–Crippen MR) is 83.3 cm³/mol. The number of aryl methyl sites for hydroxylation is 1. The molecule has 2 saturated carbocycles. The molecule has 2 aliphatic carbocycles. The van der Waals surface area contributed by atoms with Gasteiger partial charge in [0.25, 0.3) is 0 Å². The number of carbonyl (C=O) groups is 1. The minimum atomic E-state index is -0.369. The van der Waals surface area contributed by atoms with Crippen LogP contribution in [0.4, 0.5) is 0 Å². The summed E-state index contributed by atoms with van der Waals surface area (Å²) in [5.74, 6) is 0.297. The first-order valence-electron chi connectivity index (χ1n) is 7.70. The molecule has 2 aliphatic rings. The Morgan fingerprint density at radius 2 is 1.90 bits per heavy atom. The summed E-state index contributed by atoms with van der Waals surface area (Å²) >= 11 is 0. The van der Waals surface area contributed by atoms with Gasteiger partial charge in [0.15, 0.2) is 0 Å². The predicted octanol–water partition coefficient (Wildman–Crippen LogP) is 4.35. The van der Waals surface area contributed by atoms with Gasteiger partial charge in [-0.25, -0.2) is 4.79 Å². The van der Waals surface area contributed by atoms with Crippen LogP contribution in [0.25, 0.3) is 0 Å². The molecule has 21 heavy (non-hydrogen) atoms. The van der Waals surface area contributed by atoms with E-state index in [1.165, 1.54) is 6.42 Å². The summed E-state index contributed by atoms with van der Waals surface area (Å²) in [5, 5.41) is 4.24. The molecule has 0 aromatic heterocycles. The van der Waals surface area contributed by atoms with E-state index in [0.717, 1.165) is 24.1 Å². The van der Waals surface area contributed by atoms with Gasteiger partial charge in [0.1, 0.15) is 0 Å². The van der Waals surface area contributed by atoms with E-state index in [-0.39, 0.29) is 16.8 Å². The maximum absolute atomic E-state index is 12.1. The van der Waals surface area contributed by atoms with E-state index in [1.807, 2.05) is 19.1 Å². The lowest BCUT2D eigenvalue weighted by molar-refractivity contribution is 0.0508. The van der Waals surface area contributed by atoms with Crippen molar-refractivity contribution in [2.45, 2.75) is 47.0 Å². The summed E-state index contributed by atoms with van der Waals surface area (Å²) < 4.78 is 0. The second kappa shape index (κ2) is 4.69. The van der Waals surface area contributed by atoms with Crippen LogP contribution in [0.5, 0.6) is 0 Å². The van der Waals surface area contributed by atoms with Gasteiger partial charge in [-0.1, -0.05) is 43.6 Å². The molecule has 0 heterocycles. The Morgan fingerprint density at radius 1 is 1.24 bits per heavy atom. The summed E-state index contributed by atoms with van der Waals surface area (Å²) in [6.07, 6.45) is 3.37. The first kappa shape index (κ1) is 14.3. The Kier molecular flexibility index (Phi) is 3.19. The lowest BCUT2D eigenvalue weighted by Crippen LogP contribution is -2.32. The van der Waals surface area contributed by atoms with Crippen molar-refractivity contribution < 1.29 is 9.63 Å². The number of fused-ring (bicyclic) bond motifs is 2. The van der Waals surface area contributed by atoms with Crippen molar-refractivity contribution in [3.8, 4) is 0 Å². The maximum atomic E-state index is 12.1. The van der Waals surface area contributed by atoms with E-state index >= 15 is 0 Å². The number of rotatable bonds is 2. The van der Waals surface area contributed by atoms with Crippen molar-refractivity contribution in [3.63, 3.8) is 0 Å². The fourth-order valence-corrected chi connectivity index (χ4v) is 3.91. The van der Waals surface area contributed by atoms with Gasteiger partial charge >= 0.3 is 5.97 Å². The highest BCUT2D eigenvalue weighted by Crippen LogP contribution is 2.63. The Labute approximate surface area is 126 Å². The molecule has 0 spiro atoms. The summed E-state index contributed by atoms with van der Waals surface area (Å²) in [7, 11) is 0. The number of hydrogen-bond donors (Lipinski definition) is 0. The van der Waals surface area contributed by atoms with Crippen molar-refractivity contribution in [3.05, 3.63) is 35.4 Å². The normalized spacial score (nSPS) is 31.6. The third-order valence-corrected chi connectivity index (χ3v) is 6.04. The Bertz CT molecular complexity index is 600. The zero-order valence-corrected chi connectivity index (χ0v) is 13.3. The monoisotopic (exact) mass is 285 g/mol. The molecule has 2 fully saturated rings. The highest BCUT2D eigenvalue weighted by Gasteiger charge is 2.60. The molecule has 3 rings (SSSR count). The van der Waals surface area contributed by atoms with E-state index in [4.69, 9.17) is 4.84 Å². The smallest absolute Gasteiger partial charge is 0.313 e. The Hall–Kier alpha value is -1.64. The molecular formula is C18H23NO2. The molecule has 0 N–H and O–H groups in total. The van der Waals surface area contributed by atoms with Gasteiger partial charge in [-0.3, -0.25) is 0 Å². The van der Waals surface area contributed by atoms with Crippen molar-refractivity contribution in [1.29, 1.82) is 0 Å². The highest BCUT2D eigenvalue weighted by molar-refractivity contribution is 5.95. The molecular weight excluding hydrogens is 262 g/mol. The van der Waals surface area contributed by atoms with E-state index in [9.17, 15) is 4.79 Å². The molecule has 2 bridgehead atoms.